The number of amides is 2. The summed E-state index contributed by atoms with van der Waals surface area (Å²) >= 11 is 0. The zero-order valence-electron chi connectivity index (χ0n) is 22.8. The molecule has 2 atom stereocenters. The first kappa shape index (κ1) is 29.5. The van der Waals surface area contributed by atoms with Gasteiger partial charge in [-0.05, 0) is 48.3 Å². The second kappa shape index (κ2) is 15.4. The van der Waals surface area contributed by atoms with Crippen molar-refractivity contribution in [2.75, 3.05) is 0 Å². The molecule has 1 heterocycles. The van der Waals surface area contributed by atoms with E-state index in [0.29, 0.717) is 11.4 Å². The molecule has 202 valence electrons. The van der Waals surface area contributed by atoms with Crippen LogP contribution in [0, 0.1) is 22.7 Å². The molecule has 3 rings (SSSR count). The molecule has 0 radical (unpaired) electrons. The molecular weight excluding hydrogens is 498 g/mol. The summed E-state index contributed by atoms with van der Waals surface area (Å²) < 4.78 is 0. The lowest BCUT2D eigenvalue weighted by Gasteiger charge is -2.18. The largest absolute Gasteiger partial charge is 0.345 e. The predicted octanol–water partition coefficient (Wildman–Crippen LogP) is 6.21. The maximum Gasteiger partial charge on any atom is 0.262 e. The minimum atomic E-state index is -0.493. The third kappa shape index (κ3) is 8.51. The van der Waals surface area contributed by atoms with E-state index in [1.54, 1.807) is 18.2 Å². The molecule has 2 amide bonds. The number of aromatic nitrogens is 1. The van der Waals surface area contributed by atoms with Crippen molar-refractivity contribution in [3.8, 4) is 12.1 Å². The molecule has 7 heteroatoms. The first-order valence-electron chi connectivity index (χ1n) is 13.4. The lowest BCUT2D eigenvalue weighted by molar-refractivity contribution is -0.118. The van der Waals surface area contributed by atoms with Crippen molar-refractivity contribution in [2.45, 2.75) is 51.6 Å². The Bertz CT molecular complexity index is 1330. The average Bonchev–Trinajstić information content (AvgIpc) is 2.99. The smallest absolute Gasteiger partial charge is 0.262 e. The number of nitrogens with zero attached hydrogens (tertiary/aromatic N) is 3. The molecule has 2 N–H and O–H groups in total. The number of hydrogen-bond donors (Lipinski definition) is 2. The normalized spacial score (nSPS) is 12.9. The Morgan fingerprint density at radius 1 is 0.700 bits per heavy atom. The van der Waals surface area contributed by atoms with Crippen molar-refractivity contribution in [1.29, 1.82) is 10.5 Å². The maximum atomic E-state index is 13.0. The second-order valence-corrected chi connectivity index (χ2v) is 9.28. The van der Waals surface area contributed by atoms with Crippen LogP contribution in [0.15, 0.2) is 90.0 Å². The molecule has 40 heavy (non-hydrogen) atoms. The molecule has 0 aliphatic carbocycles. The molecule has 0 saturated heterocycles. The molecule has 7 nitrogen and oxygen atoms in total. The van der Waals surface area contributed by atoms with Crippen molar-refractivity contribution < 1.29 is 9.59 Å². The fourth-order valence-electron chi connectivity index (χ4n) is 4.29. The van der Waals surface area contributed by atoms with Gasteiger partial charge in [-0.3, -0.25) is 9.59 Å². The summed E-state index contributed by atoms with van der Waals surface area (Å²) in [5.41, 5.74) is 2.48. The Hall–Kier alpha value is -5.01. The van der Waals surface area contributed by atoms with Crippen molar-refractivity contribution in [3.05, 3.63) is 113 Å². The van der Waals surface area contributed by atoms with Crippen LogP contribution in [0.25, 0.3) is 12.2 Å². The van der Waals surface area contributed by atoms with Crippen LogP contribution in [0.1, 0.15) is 74.1 Å². The Morgan fingerprint density at radius 3 is 1.45 bits per heavy atom. The van der Waals surface area contributed by atoms with Crippen LogP contribution >= 0.6 is 0 Å². The van der Waals surface area contributed by atoms with Gasteiger partial charge in [0.1, 0.15) is 23.3 Å². The minimum absolute atomic E-state index is 0.0887. The quantitative estimate of drug-likeness (QED) is 0.213. The predicted molar refractivity (Wildman–Crippen MR) is 156 cm³/mol. The Morgan fingerprint density at radius 2 is 1.10 bits per heavy atom. The number of hydrogen-bond acceptors (Lipinski definition) is 5. The van der Waals surface area contributed by atoms with Gasteiger partial charge in [-0.1, -0.05) is 93.4 Å². The molecule has 0 spiro atoms. The minimum Gasteiger partial charge on any atom is -0.345 e. The number of nitriles is 2. The first-order chi connectivity index (χ1) is 19.5. The molecule has 1 aromatic heterocycles. The number of nitrogens with one attached hydrogen (secondary N) is 2. The number of benzene rings is 2. The molecule has 0 aliphatic rings. The van der Waals surface area contributed by atoms with Gasteiger partial charge >= 0.3 is 0 Å². The highest BCUT2D eigenvalue weighted by Crippen LogP contribution is 2.20. The van der Waals surface area contributed by atoms with Crippen molar-refractivity contribution >= 4 is 24.0 Å². The van der Waals surface area contributed by atoms with E-state index in [0.717, 1.165) is 36.8 Å². The highest BCUT2D eigenvalue weighted by molar-refractivity contribution is 6.02. The van der Waals surface area contributed by atoms with E-state index >= 15 is 0 Å². The molecule has 0 aliphatic heterocycles. The van der Waals surface area contributed by atoms with Gasteiger partial charge in [-0.15, -0.1) is 0 Å². The molecule has 0 unspecified atom stereocenters. The highest BCUT2D eigenvalue weighted by atomic mass is 16.2. The SMILES string of the molecule is CCC[C@H](NC(=O)/C(C#N)=C/c1cccc(/C=C(\C#N)C(=O)N[C@@H](CCC)c2ccccc2)n1)c1ccccc1. The summed E-state index contributed by atoms with van der Waals surface area (Å²) in [6, 6.07) is 27.7. The van der Waals surface area contributed by atoms with Crippen LogP contribution in [0.5, 0.6) is 0 Å². The van der Waals surface area contributed by atoms with E-state index in [-0.39, 0.29) is 23.2 Å². The molecule has 0 saturated carbocycles. The van der Waals surface area contributed by atoms with Gasteiger partial charge < -0.3 is 10.6 Å². The number of pyridine rings is 1. The third-order valence-corrected chi connectivity index (χ3v) is 6.28. The van der Waals surface area contributed by atoms with Crippen molar-refractivity contribution in [3.63, 3.8) is 0 Å². The van der Waals surface area contributed by atoms with Crippen LogP contribution in [-0.4, -0.2) is 16.8 Å². The fraction of sp³-hybridized carbons (Fsp3) is 0.242. The van der Waals surface area contributed by atoms with E-state index in [1.807, 2.05) is 86.6 Å². The summed E-state index contributed by atoms with van der Waals surface area (Å²) in [6.07, 6.45) is 5.99. The van der Waals surface area contributed by atoms with Crippen molar-refractivity contribution in [2.24, 2.45) is 0 Å². The summed E-state index contributed by atoms with van der Waals surface area (Å²) in [6.45, 7) is 4.07. The van der Waals surface area contributed by atoms with E-state index in [4.69, 9.17) is 0 Å². The molecular formula is C33H33N5O2. The van der Waals surface area contributed by atoms with Crippen LogP contribution in [0.2, 0.25) is 0 Å². The van der Waals surface area contributed by atoms with Gasteiger partial charge in [-0.25, -0.2) is 4.98 Å². The van der Waals surface area contributed by atoms with E-state index < -0.39 is 11.8 Å². The van der Waals surface area contributed by atoms with E-state index in [9.17, 15) is 20.1 Å². The number of carbonyl (C=O) groups is 2. The van der Waals surface area contributed by atoms with Crippen LogP contribution in [0.4, 0.5) is 0 Å². The standard InChI is InChI=1S/C33H33N5O2/c1-3-12-30(24-14-7-5-8-15-24)37-32(39)26(22-34)20-28-18-11-19-29(36-28)21-27(23-35)33(40)38-31(13-4-2)25-16-9-6-10-17-25/h5-11,14-21,30-31H,3-4,12-13H2,1-2H3,(H,37,39)(H,38,40)/b26-20+,27-21+/t30-,31-/m0/s1. The first-order valence-corrected chi connectivity index (χ1v) is 13.4. The zero-order valence-corrected chi connectivity index (χ0v) is 22.8. The van der Waals surface area contributed by atoms with Crippen LogP contribution < -0.4 is 10.6 Å². The molecule has 0 fully saturated rings. The topological polar surface area (TPSA) is 119 Å². The lowest BCUT2D eigenvalue weighted by atomic mass is 10.0. The van der Waals surface area contributed by atoms with Crippen LogP contribution in [0.3, 0.4) is 0 Å². The van der Waals surface area contributed by atoms with E-state index in [2.05, 4.69) is 15.6 Å². The second-order valence-electron chi connectivity index (χ2n) is 9.28. The molecule has 3 aromatic rings. The van der Waals surface area contributed by atoms with Gasteiger partial charge in [0.2, 0.25) is 0 Å². The number of carbonyl (C=O) groups excluding carboxylic acids is 2. The Balaban J connectivity index is 1.79. The summed E-state index contributed by atoms with van der Waals surface area (Å²) in [5.74, 6) is -0.986. The fourth-order valence-corrected chi connectivity index (χ4v) is 4.29. The Kier molecular flexibility index (Phi) is 11.4. The zero-order chi connectivity index (χ0) is 28.7. The maximum absolute atomic E-state index is 13.0. The lowest BCUT2D eigenvalue weighted by Crippen LogP contribution is -2.29. The third-order valence-electron chi connectivity index (χ3n) is 6.28. The molecule has 2 aromatic carbocycles. The van der Waals surface area contributed by atoms with Gasteiger partial charge in [0, 0.05) is 0 Å². The average molecular weight is 532 g/mol. The summed E-state index contributed by atoms with van der Waals surface area (Å²) in [5, 5.41) is 25.3. The highest BCUT2D eigenvalue weighted by Gasteiger charge is 2.18. The van der Waals surface area contributed by atoms with Gasteiger partial charge in [0.05, 0.1) is 23.5 Å². The summed E-state index contributed by atoms with van der Waals surface area (Å²) in [7, 11) is 0. The molecule has 0 bridgehead atoms. The Labute approximate surface area is 235 Å². The van der Waals surface area contributed by atoms with Crippen LogP contribution in [-0.2, 0) is 9.59 Å². The summed E-state index contributed by atoms with van der Waals surface area (Å²) in [4.78, 5) is 30.4. The van der Waals surface area contributed by atoms with Gasteiger partial charge in [0.15, 0.2) is 0 Å². The van der Waals surface area contributed by atoms with Gasteiger partial charge in [0.25, 0.3) is 11.8 Å². The van der Waals surface area contributed by atoms with Gasteiger partial charge in [-0.2, -0.15) is 10.5 Å². The monoisotopic (exact) mass is 531 g/mol. The van der Waals surface area contributed by atoms with Crippen molar-refractivity contribution in [1.82, 2.24) is 15.6 Å². The van der Waals surface area contributed by atoms with E-state index in [1.165, 1.54) is 12.2 Å². The number of rotatable bonds is 12.